The topological polar surface area (TPSA) is 35.6 Å². The van der Waals surface area contributed by atoms with Gasteiger partial charge in [0.25, 0.3) is 0 Å². The third kappa shape index (κ3) is 4.13. The van der Waals surface area contributed by atoms with Crippen LogP contribution in [0, 0.1) is 0 Å². The summed E-state index contributed by atoms with van der Waals surface area (Å²) < 4.78 is 7.33. The lowest BCUT2D eigenvalue weighted by atomic mass is 10.0. The number of hydrogen-bond donors (Lipinski definition) is 0. The van der Waals surface area contributed by atoms with Crippen LogP contribution < -0.4 is 0 Å². The second-order valence-electron chi connectivity index (χ2n) is 13.0. The van der Waals surface area contributed by atoms with Crippen molar-refractivity contribution in [3.63, 3.8) is 0 Å². The van der Waals surface area contributed by atoms with Gasteiger partial charge in [-0.1, -0.05) is 133 Å². The maximum atomic E-state index is 5.40. The minimum Gasteiger partial charge on any atom is -0.308 e. The molecule has 0 bridgehead atoms. The number of thiophene rings is 1. The highest BCUT2D eigenvalue weighted by atomic mass is 32.1. The van der Waals surface area contributed by atoms with Crippen molar-refractivity contribution in [3.05, 3.63) is 170 Å². The molecule has 0 aliphatic heterocycles. The van der Waals surface area contributed by atoms with Crippen molar-refractivity contribution in [1.29, 1.82) is 0 Å². The summed E-state index contributed by atoms with van der Waals surface area (Å²) in [5.74, 6) is 0.653. The number of hydrogen-bond acceptors (Lipinski definition) is 3. The second-order valence-corrected chi connectivity index (χ2v) is 14.0. The first-order valence-electron chi connectivity index (χ1n) is 17.2. The largest absolute Gasteiger partial charge is 0.308 e. The van der Waals surface area contributed by atoms with Gasteiger partial charge < -0.3 is 4.57 Å². The molecule has 0 N–H and O–H groups in total. The zero-order chi connectivity index (χ0) is 33.5. The first kappa shape index (κ1) is 28.3. The lowest BCUT2D eigenvalue weighted by Gasteiger charge is -2.13. The Balaban J connectivity index is 1.41. The summed E-state index contributed by atoms with van der Waals surface area (Å²) in [5.41, 5.74) is 9.60. The van der Waals surface area contributed by atoms with E-state index in [2.05, 4.69) is 167 Å². The fraction of sp³-hybridized carbons (Fsp3) is 0. The molecule has 0 aliphatic carbocycles. The molecule has 0 spiro atoms. The van der Waals surface area contributed by atoms with Gasteiger partial charge in [0.15, 0.2) is 0 Å². The Kier molecular flexibility index (Phi) is 6.09. The van der Waals surface area contributed by atoms with Gasteiger partial charge >= 0.3 is 0 Å². The van der Waals surface area contributed by atoms with E-state index in [0.29, 0.717) is 5.95 Å². The predicted molar refractivity (Wildman–Crippen MR) is 214 cm³/mol. The van der Waals surface area contributed by atoms with Crippen LogP contribution >= 0.6 is 11.3 Å². The minimum absolute atomic E-state index is 0.653. The fourth-order valence-electron chi connectivity index (χ4n) is 7.98. The van der Waals surface area contributed by atoms with Gasteiger partial charge in [-0.3, -0.25) is 4.57 Å². The van der Waals surface area contributed by atoms with E-state index in [9.17, 15) is 0 Å². The van der Waals surface area contributed by atoms with Crippen LogP contribution in [-0.2, 0) is 0 Å². The molecule has 0 radical (unpaired) electrons. The lowest BCUT2D eigenvalue weighted by Crippen LogP contribution is -2.04. The molecular formula is C46H28N4S. The Labute approximate surface area is 297 Å². The van der Waals surface area contributed by atoms with Crippen molar-refractivity contribution >= 4 is 75.1 Å². The molecule has 7 aromatic carbocycles. The van der Waals surface area contributed by atoms with Crippen LogP contribution in [0.25, 0.3) is 97.9 Å². The Morgan fingerprint density at radius 1 is 0.412 bits per heavy atom. The molecule has 11 rings (SSSR count). The molecule has 5 heteroatoms. The SMILES string of the molecule is c1ccc(-c2cc(-c3ccccc3)nc(-n3c4ccccc4c4c5c(c6ccccc6n5-c5ccccc5)c5sc6ccccc6c5c43)n2)cc1. The van der Waals surface area contributed by atoms with Crippen molar-refractivity contribution in [3.8, 4) is 34.2 Å². The summed E-state index contributed by atoms with van der Waals surface area (Å²) in [4.78, 5) is 10.8. The molecule has 51 heavy (non-hydrogen) atoms. The van der Waals surface area contributed by atoms with Crippen LogP contribution in [0.4, 0.5) is 0 Å². The summed E-state index contributed by atoms with van der Waals surface area (Å²) >= 11 is 1.88. The number of benzene rings is 7. The van der Waals surface area contributed by atoms with Crippen LogP contribution in [0.2, 0.25) is 0 Å². The van der Waals surface area contributed by atoms with Crippen LogP contribution in [0.1, 0.15) is 0 Å². The van der Waals surface area contributed by atoms with Gasteiger partial charge in [-0.05, 0) is 36.4 Å². The van der Waals surface area contributed by atoms with Crippen LogP contribution in [0.15, 0.2) is 170 Å². The first-order valence-corrected chi connectivity index (χ1v) is 18.0. The number of rotatable bonds is 4. The molecule has 0 amide bonds. The molecule has 11 aromatic rings. The molecule has 4 heterocycles. The van der Waals surface area contributed by atoms with Gasteiger partial charge in [0.05, 0.1) is 33.5 Å². The Morgan fingerprint density at radius 3 is 1.53 bits per heavy atom. The molecular weight excluding hydrogens is 641 g/mol. The summed E-state index contributed by atoms with van der Waals surface area (Å²) in [6.07, 6.45) is 0. The Hall–Kier alpha value is -6.56. The van der Waals surface area contributed by atoms with E-state index in [-0.39, 0.29) is 0 Å². The first-order chi connectivity index (χ1) is 25.3. The molecule has 0 unspecified atom stereocenters. The molecule has 4 aromatic heterocycles. The molecule has 4 nitrogen and oxygen atoms in total. The van der Waals surface area contributed by atoms with Crippen LogP contribution in [0.3, 0.4) is 0 Å². The summed E-state index contributed by atoms with van der Waals surface area (Å²) in [6, 6.07) is 60.2. The quantitative estimate of drug-likeness (QED) is 0.187. The van der Waals surface area contributed by atoms with Gasteiger partial charge in [-0.15, -0.1) is 11.3 Å². The van der Waals surface area contributed by atoms with E-state index in [1.54, 1.807) is 0 Å². The van der Waals surface area contributed by atoms with Crippen molar-refractivity contribution in [2.45, 2.75) is 0 Å². The maximum absolute atomic E-state index is 5.40. The fourth-order valence-corrected chi connectivity index (χ4v) is 9.24. The summed E-state index contributed by atoms with van der Waals surface area (Å²) in [6.45, 7) is 0. The van der Waals surface area contributed by atoms with Gasteiger partial charge in [0, 0.05) is 58.5 Å². The third-order valence-corrected chi connectivity index (χ3v) is 11.3. The summed E-state index contributed by atoms with van der Waals surface area (Å²) in [7, 11) is 0. The molecule has 0 fully saturated rings. The normalized spacial score (nSPS) is 11.9. The molecule has 0 atom stereocenters. The number of aromatic nitrogens is 4. The van der Waals surface area contributed by atoms with E-state index in [0.717, 1.165) is 39.2 Å². The molecule has 0 saturated heterocycles. The highest BCUT2D eigenvalue weighted by Crippen LogP contribution is 2.51. The van der Waals surface area contributed by atoms with Gasteiger partial charge in [-0.2, -0.15) is 0 Å². The van der Waals surface area contributed by atoms with Crippen molar-refractivity contribution in [2.24, 2.45) is 0 Å². The number of para-hydroxylation sites is 3. The van der Waals surface area contributed by atoms with Gasteiger partial charge in [0.2, 0.25) is 5.95 Å². The average Bonchev–Trinajstić information content (AvgIpc) is 3.87. The van der Waals surface area contributed by atoms with Crippen molar-refractivity contribution in [1.82, 2.24) is 19.1 Å². The average molecular weight is 669 g/mol. The maximum Gasteiger partial charge on any atom is 0.235 e. The Bertz CT molecular complexity index is 3060. The van der Waals surface area contributed by atoms with Crippen LogP contribution in [0.5, 0.6) is 0 Å². The van der Waals surface area contributed by atoms with E-state index >= 15 is 0 Å². The highest BCUT2D eigenvalue weighted by Gasteiger charge is 2.27. The molecule has 238 valence electrons. The second kappa shape index (κ2) is 11.0. The Morgan fingerprint density at radius 2 is 0.882 bits per heavy atom. The van der Waals surface area contributed by atoms with E-state index in [4.69, 9.17) is 9.97 Å². The van der Waals surface area contributed by atoms with E-state index in [1.807, 2.05) is 23.5 Å². The zero-order valence-corrected chi connectivity index (χ0v) is 28.2. The predicted octanol–water partition coefficient (Wildman–Crippen LogP) is 12.4. The van der Waals surface area contributed by atoms with Gasteiger partial charge in [-0.25, -0.2) is 9.97 Å². The molecule has 0 saturated carbocycles. The standard InChI is InChI=1S/C46H28N4S/c1-4-16-29(17-5-1)35-28-36(30-18-6-2-7-19-30)48-46(47-35)50-38-26-14-10-22-32(38)40-43-41(45-42(44(40)50)34-24-12-15-27-39(34)51-45)33-23-11-13-25-37(33)49(43)31-20-8-3-9-21-31/h1-28H. The zero-order valence-electron chi connectivity index (χ0n) is 27.4. The highest BCUT2D eigenvalue weighted by molar-refractivity contribution is 7.27. The van der Waals surface area contributed by atoms with Gasteiger partial charge in [0.1, 0.15) is 0 Å². The monoisotopic (exact) mass is 668 g/mol. The van der Waals surface area contributed by atoms with E-state index in [1.165, 1.54) is 52.8 Å². The lowest BCUT2D eigenvalue weighted by molar-refractivity contribution is 0.998. The third-order valence-electron chi connectivity index (χ3n) is 10.1. The minimum atomic E-state index is 0.653. The molecule has 0 aliphatic rings. The van der Waals surface area contributed by atoms with Crippen molar-refractivity contribution < 1.29 is 0 Å². The number of nitrogens with zero attached hydrogens (tertiary/aromatic N) is 4. The van der Waals surface area contributed by atoms with E-state index < -0.39 is 0 Å². The smallest absolute Gasteiger partial charge is 0.235 e. The summed E-state index contributed by atoms with van der Waals surface area (Å²) in [5, 5.41) is 7.38. The van der Waals surface area contributed by atoms with Crippen LogP contribution in [-0.4, -0.2) is 19.1 Å². The number of fused-ring (bicyclic) bond motifs is 12. The van der Waals surface area contributed by atoms with Crippen molar-refractivity contribution in [2.75, 3.05) is 0 Å².